The van der Waals surface area contributed by atoms with Crippen LogP contribution in [0.2, 0.25) is 10.0 Å². The number of halogens is 2. The second-order valence-electron chi connectivity index (χ2n) is 5.78. The van der Waals surface area contributed by atoms with Gasteiger partial charge in [-0.2, -0.15) is 0 Å². The van der Waals surface area contributed by atoms with Crippen molar-refractivity contribution in [2.75, 3.05) is 37.0 Å². The molecule has 1 atom stereocenters. The van der Waals surface area contributed by atoms with E-state index in [1.807, 2.05) is 0 Å². The van der Waals surface area contributed by atoms with Crippen molar-refractivity contribution in [3.05, 3.63) is 28.2 Å². The second-order valence-corrected chi connectivity index (χ2v) is 6.59. The summed E-state index contributed by atoms with van der Waals surface area (Å²) in [5, 5.41) is 32.5. The van der Waals surface area contributed by atoms with Gasteiger partial charge in [0.2, 0.25) is 11.3 Å². The third kappa shape index (κ3) is 5.40. The first-order valence-corrected chi connectivity index (χ1v) is 9.15. The normalized spacial score (nSPS) is 12.3. The monoisotopic (exact) mass is 428 g/mol. The molecule has 150 valence electrons. The smallest absolute Gasteiger partial charge is 0.245 e. The average Bonchev–Trinajstić information content (AvgIpc) is 3.14. The predicted molar refractivity (Wildman–Crippen MR) is 104 cm³/mol. The molecule has 0 saturated carbocycles. The molecule has 12 heteroatoms. The van der Waals surface area contributed by atoms with E-state index in [0.29, 0.717) is 46.9 Å². The van der Waals surface area contributed by atoms with Crippen LogP contribution in [0.5, 0.6) is 0 Å². The van der Waals surface area contributed by atoms with E-state index in [9.17, 15) is 5.11 Å². The lowest BCUT2D eigenvalue weighted by Gasteiger charge is -2.12. The minimum atomic E-state index is -0.872. The van der Waals surface area contributed by atoms with E-state index < -0.39 is 6.10 Å². The van der Waals surface area contributed by atoms with Crippen molar-refractivity contribution in [1.29, 1.82) is 0 Å². The van der Waals surface area contributed by atoms with Gasteiger partial charge in [-0.15, -0.1) is 0 Å². The number of hydrogen-bond donors (Lipinski definition) is 4. The summed E-state index contributed by atoms with van der Waals surface area (Å²) >= 11 is 12.0. The molecule has 0 radical (unpaired) electrons. The number of benzene rings is 1. The first-order chi connectivity index (χ1) is 13.6. The molecule has 0 aliphatic carbocycles. The van der Waals surface area contributed by atoms with Gasteiger partial charge in [-0.1, -0.05) is 23.2 Å². The van der Waals surface area contributed by atoms with Gasteiger partial charge in [0, 0.05) is 18.8 Å². The Balaban J connectivity index is 1.66. The SMILES string of the molecule is OCC(O)COCCCNc1nc2nonc2nc1Nc1ccc(Cl)c(Cl)c1. The molecule has 0 fully saturated rings. The molecule has 28 heavy (non-hydrogen) atoms. The van der Waals surface area contributed by atoms with Gasteiger partial charge in [-0.05, 0) is 34.9 Å². The van der Waals surface area contributed by atoms with E-state index in [2.05, 4.69) is 35.5 Å². The molecule has 0 spiro atoms. The van der Waals surface area contributed by atoms with Crippen molar-refractivity contribution >= 4 is 51.8 Å². The summed E-state index contributed by atoms with van der Waals surface area (Å²) in [6, 6.07) is 5.09. The summed E-state index contributed by atoms with van der Waals surface area (Å²) in [6.45, 7) is 0.678. The summed E-state index contributed by atoms with van der Waals surface area (Å²) in [4.78, 5) is 8.71. The van der Waals surface area contributed by atoms with Gasteiger partial charge in [-0.25, -0.2) is 14.6 Å². The van der Waals surface area contributed by atoms with Crippen molar-refractivity contribution in [3.8, 4) is 0 Å². The maximum Gasteiger partial charge on any atom is 0.245 e. The summed E-state index contributed by atoms with van der Waals surface area (Å²) in [6.07, 6.45) is -0.232. The highest BCUT2D eigenvalue weighted by atomic mass is 35.5. The van der Waals surface area contributed by atoms with Crippen LogP contribution in [0.4, 0.5) is 17.3 Å². The summed E-state index contributed by atoms with van der Waals surface area (Å²) in [7, 11) is 0. The van der Waals surface area contributed by atoms with Crippen LogP contribution in [-0.2, 0) is 4.74 Å². The van der Waals surface area contributed by atoms with Gasteiger partial charge in [-0.3, -0.25) is 0 Å². The highest BCUT2D eigenvalue weighted by molar-refractivity contribution is 6.42. The van der Waals surface area contributed by atoms with Gasteiger partial charge < -0.3 is 25.6 Å². The summed E-state index contributed by atoms with van der Waals surface area (Å²) < 4.78 is 9.93. The molecular weight excluding hydrogens is 411 g/mol. The lowest BCUT2D eigenvalue weighted by Crippen LogP contribution is -2.20. The van der Waals surface area contributed by atoms with Gasteiger partial charge >= 0.3 is 0 Å². The fourth-order valence-electron chi connectivity index (χ4n) is 2.21. The first kappa shape index (κ1) is 20.5. The lowest BCUT2D eigenvalue weighted by atomic mass is 10.3. The van der Waals surface area contributed by atoms with Crippen molar-refractivity contribution in [2.45, 2.75) is 12.5 Å². The third-order valence-corrected chi connectivity index (χ3v) is 4.31. The van der Waals surface area contributed by atoms with Gasteiger partial charge in [0.25, 0.3) is 0 Å². The Labute approximate surface area is 169 Å². The Morgan fingerprint density at radius 2 is 1.86 bits per heavy atom. The van der Waals surface area contributed by atoms with Crippen LogP contribution in [0.1, 0.15) is 6.42 Å². The highest BCUT2D eigenvalue weighted by Gasteiger charge is 2.13. The molecule has 2 heterocycles. The molecule has 0 aliphatic rings. The third-order valence-electron chi connectivity index (χ3n) is 3.58. The largest absolute Gasteiger partial charge is 0.394 e. The van der Waals surface area contributed by atoms with Crippen LogP contribution in [0.25, 0.3) is 11.3 Å². The highest BCUT2D eigenvalue weighted by Crippen LogP contribution is 2.29. The average molecular weight is 429 g/mol. The van der Waals surface area contributed by atoms with Crippen LogP contribution in [0, 0.1) is 0 Å². The Kier molecular flexibility index (Phi) is 7.18. The molecule has 10 nitrogen and oxygen atoms in total. The number of aromatic nitrogens is 4. The van der Waals surface area contributed by atoms with Crippen molar-refractivity contribution in [3.63, 3.8) is 0 Å². The van der Waals surface area contributed by atoms with E-state index in [0.717, 1.165) is 0 Å². The van der Waals surface area contributed by atoms with Crippen LogP contribution in [0.15, 0.2) is 22.8 Å². The molecule has 0 amide bonds. The van der Waals surface area contributed by atoms with Crippen molar-refractivity contribution in [2.24, 2.45) is 0 Å². The molecule has 0 saturated heterocycles. The maximum atomic E-state index is 9.23. The van der Waals surface area contributed by atoms with Crippen LogP contribution < -0.4 is 10.6 Å². The standard InChI is InChI=1S/C16H18Cl2N6O4/c17-11-3-2-9(6-12(11)18)20-14-13(21-15-16(22-14)24-28-23-15)19-4-1-5-27-8-10(26)7-25/h2-3,6,10,25-26H,1,4-5,7-8H2,(H,19,21,23)(H,20,22,24). The second kappa shape index (κ2) is 9.80. The first-order valence-electron chi connectivity index (χ1n) is 8.39. The summed E-state index contributed by atoms with van der Waals surface area (Å²) in [5.74, 6) is 0.864. The molecule has 2 aromatic heterocycles. The zero-order chi connectivity index (χ0) is 19.9. The van der Waals surface area contributed by atoms with Crippen LogP contribution in [0.3, 0.4) is 0 Å². The number of ether oxygens (including phenoxy) is 1. The number of rotatable bonds is 10. The fourth-order valence-corrected chi connectivity index (χ4v) is 2.51. The van der Waals surface area contributed by atoms with Gasteiger partial charge in [0.05, 0.1) is 23.3 Å². The number of aliphatic hydroxyl groups is 2. The number of nitrogens with zero attached hydrogens (tertiary/aromatic N) is 4. The number of fused-ring (bicyclic) bond motifs is 1. The zero-order valence-corrected chi connectivity index (χ0v) is 16.1. The number of anilines is 3. The molecule has 1 aromatic carbocycles. The van der Waals surface area contributed by atoms with Gasteiger partial charge in [0.1, 0.15) is 6.10 Å². The predicted octanol–water partition coefficient (Wildman–Crippen LogP) is 2.23. The van der Waals surface area contributed by atoms with Crippen LogP contribution >= 0.6 is 23.2 Å². The maximum absolute atomic E-state index is 9.23. The van der Waals surface area contributed by atoms with E-state index in [1.54, 1.807) is 18.2 Å². The van der Waals surface area contributed by atoms with Crippen molar-refractivity contribution < 1.29 is 19.6 Å². The van der Waals surface area contributed by atoms with Crippen molar-refractivity contribution in [1.82, 2.24) is 20.3 Å². The molecule has 3 aromatic rings. The van der Waals surface area contributed by atoms with E-state index in [1.165, 1.54) is 0 Å². The topological polar surface area (TPSA) is 138 Å². The van der Waals surface area contributed by atoms with Gasteiger partial charge in [0.15, 0.2) is 11.6 Å². The van der Waals surface area contributed by atoms with E-state index in [-0.39, 0.29) is 24.5 Å². The Morgan fingerprint density at radius 3 is 2.57 bits per heavy atom. The molecular formula is C16H18Cl2N6O4. The Hall–Kier alpha value is -2.24. The lowest BCUT2D eigenvalue weighted by molar-refractivity contribution is 0.00629. The van der Waals surface area contributed by atoms with E-state index in [4.69, 9.17) is 33.0 Å². The molecule has 0 aliphatic heterocycles. The fraction of sp³-hybridized carbons (Fsp3) is 0.375. The molecule has 4 N–H and O–H groups in total. The van der Waals surface area contributed by atoms with Crippen LogP contribution in [-0.4, -0.2) is 63.0 Å². The molecule has 3 rings (SSSR count). The number of hydrogen-bond acceptors (Lipinski definition) is 10. The van der Waals surface area contributed by atoms with E-state index >= 15 is 0 Å². The number of aliphatic hydroxyl groups excluding tert-OH is 2. The minimum Gasteiger partial charge on any atom is -0.394 e. The molecule has 1 unspecified atom stereocenters. The summed E-state index contributed by atoms with van der Waals surface area (Å²) in [5.41, 5.74) is 1.20. The number of nitrogens with one attached hydrogen (secondary N) is 2. The quantitative estimate of drug-likeness (QED) is 0.355. The Bertz CT molecular complexity index is 925. The minimum absolute atomic E-state index is 0.0804. The Morgan fingerprint density at radius 1 is 1.11 bits per heavy atom. The zero-order valence-electron chi connectivity index (χ0n) is 14.6. The molecule has 0 bridgehead atoms.